The highest BCUT2D eigenvalue weighted by Gasteiger charge is 2.14. The van der Waals surface area contributed by atoms with E-state index in [1.54, 1.807) is 4.90 Å². The number of benzene rings is 1. The Bertz CT molecular complexity index is 421. The molecule has 1 aromatic carbocycles. The highest BCUT2D eigenvalue weighted by atomic mass is 16.3. The lowest BCUT2D eigenvalue weighted by Crippen LogP contribution is -2.38. The van der Waals surface area contributed by atoms with Gasteiger partial charge in [0.15, 0.2) is 0 Å². The van der Waals surface area contributed by atoms with Gasteiger partial charge in [-0.1, -0.05) is 25.5 Å². The monoisotopic (exact) mass is 279 g/mol. The molecule has 0 bridgehead atoms. The zero-order valence-electron chi connectivity index (χ0n) is 12.6. The number of aliphatic hydroxyl groups is 1. The number of unbranched alkanes of at least 4 members (excludes halogenated alkanes) is 1. The number of aliphatic hydroxyl groups excluding tert-OH is 1. The second kappa shape index (κ2) is 8.43. The lowest BCUT2D eigenvalue weighted by Gasteiger charge is -2.24. The zero-order valence-corrected chi connectivity index (χ0v) is 12.6. The van der Waals surface area contributed by atoms with Crippen LogP contribution in [0.2, 0.25) is 0 Å². The van der Waals surface area contributed by atoms with Crippen LogP contribution < -0.4 is 10.2 Å². The number of para-hydroxylation sites is 2. The Morgan fingerprint density at radius 1 is 1.25 bits per heavy atom. The summed E-state index contributed by atoms with van der Waals surface area (Å²) in [4.78, 5) is 15.9. The normalized spacial score (nSPS) is 10.2. The number of hydrogen-bond donors (Lipinski definition) is 2. The van der Waals surface area contributed by atoms with Crippen molar-refractivity contribution in [1.82, 2.24) is 4.90 Å². The van der Waals surface area contributed by atoms with Crippen LogP contribution in [-0.2, 0) is 0 Å². The van der Waals surface area contributed by atoms with Gasteiger partial charge in [-0.05, 0) is 18.6 Å². The first kappa shape index (κ1) is 16.3. The SMILES string of the molecule is CCCCN(CCO)C(=O)Nc1ccccc1N(C)C. The van der Waals surface area contributed by atoms with Crippen molar-refractivity contribution in [1.29, 1.82) is 0 Å². The summed E-state index contributed by atoms with van der Waals surface area (Å²) in [5.74, 6) is 0. The summed E-state index contributed by atoms with van der Waals surface area (Å²) >= 11 is 0. The van der Waals surface area contributed by atoms with E-state index in [4.69, 9.17) is 5.11 Å². The van der Waals surface area contributed by atoms with Gasteiger partial charge in [0, 0.05) is 27.2 Å². The number of amides is 2. The predicted octanol–water partition coefficient (Wildman–Crippen LogP) is 2.38. The van der Waals surface area contributed by atoms with Gasteiger partial charge in [-0.15, -0.1) is 0 Å². The number of anilines is 2. The standard InChI is InChI=1S/C15H25N3O2/c1-4-5-10-18(11-12-19)15(20)16-13-8-6-7-9-14(13)17(2)3/h6-9,19H,4-5,10-12H2,1-3H3,(H,16,20). The molecule has 0 atom stereocenters. The Morgan fingerprint density at radius 3 is 2.55 bits per heavy atom. The number of carbonyl (C=O) groups is 1. The Hall–Kier alpha value is -1.75. The van der Waals surface area contributed by atoms with Gasteiger partial charge in [-0.3, -0.25) is 0 Å². The van der Waals surface area contributed by atoms with E-state index in [-0.39, 0.29) is 12.6 Å². The molecule has 0 aliphatic heterocycles. The molecule has 20 heavy (non-hydrogen) atoms. The molecule has 2 amide bonds. The fraction of sp³-hybridized carbons (Fsp3) is 0.533. The van der Waals surface area contributed by atoms with Crippen LogP contribution in [0.1, 0.15) is 19.8 Å². The summed E-state index contributed by atoms with van der Waals surface area (Å²) in [5, 5.41) is 12.0. The summed E-state index contributed by atoms with van der Waals surface area (Å²) in [7, 11) is 3.88. The van der Waals surface area contributed by atoms with Gasteiger partial charge < -0.3 is 20.2 Å². The highest BCUT2D eigenvalue weighted by Crippen LogP contribution is 2.23. The third-order valence-corrected chi connectivity index (χ3v) is 3.07. The number of rotatable bonds is 7. The molecule has 0 aliphatic rings. The van der Waals surface area contributed by atoms with E-state index in [0.717, 1.165) is 24.2 Å². The molecule has 5 heteroatoms. The van der Waals surface area contributed by atoms with Crippen LogP contribution in [0.4, 0.5) is 16.2 Å². The maximum Gasteiger partial charge on any atom is 0.321 e. The predicted molar refractivity (Wildman–Crippen MR) is 83.4 cm³/mol. The van der Waals surface area contributed by atoms with Crippen LogP contribution in [0.5, 0.6) is 0 Å². The van der Waals surface area contributed by atoms with Gasteiger partial charge in [0.2, 0.25) is 0 Å². The molecular weight excluding hydrogens is 254 g/mol. The Morgan fingerprint density at radius 2 is 1.95 bits per heavy atom. The van der Waals surface area contributed by atoms with Crippen LogP contribution in [0.15, 0.2) is 24.3 Å². The molecule has 0 spiro atoms. The highest BCUT2D eigenvalue weighted by molar-refractivity contribution is 5.93. The molecule has 2 N–H and O–H groups in total. The third kappa shape index (κ3) is 4.74. The average Bonchev–Trinajstić information content (AvgIpc) is 2.43. The summed E-state index contributed by atoms with van der Waals surface area (Å²) < 4.78 is 0. The van der Waals surface area contributed by atoms with Crippen molar-refractivity contribution in [3.63, 3.8) is 0 Å². The fourth-order valence-corrected chi connectivity index (χ4v) is 1.95. The van der Waals surface area contributed by atoms with E-state index in [1.165, 1.54) is 0 Å². The number of nitrogens with zero attached hydrogens (tertiary/aromatic N) is 2. The number of nitrogens with one attached hydrogen (secondary N) is 1. The van der Waals surface area contributed by atoms with Crippen molar-refractivity contribution in [3.05, 3.63) is 24.3 Å². The number of carbonyl (C=O) groups excluding carboxylic acids is 1. The molecule has 5 nitrogen and oxygen atoms in total. The van der Waals surface area contributed by atoms with E-state index >= 15 is 0 Å². The molecule has 0 heterocycles. The summed E-state index contributed by atoms with van der Waals surface area (Å²) in [5.41, 5.74) is 1.74. The van der Waals surface area contributed by atoms with Crippen LogP contribution >= 0.6 is 0 Å². The van der Waals surface area contributed by atoms with Crippen LogP contribution in [0, 0.1) is 0 Å². The van der Waals surface area contributed by atoms with Crippen molar-refractivity contribution in [3.8, 4) is 0 Å². The van der Waals surface area contributed by atoms with Crippen molar-refractivity contribution >= 4 is 17.4 Å². The van der Waals surface area contributed by atoms with Crippen molar-refractivity contribution < 1.29 is 9.90 Å². The van der Waals surface area contributed by atoms with Crippen molar-refractivity contribution in [2.24, 2.45) is 0 Å². The van der Waals surface area contributed by atoms with E-state index in [0.29, 0.717) is 13.1 Å². The van der Waals surface area contributed by atoms with Crippen LogP contribution in [-0.4, -0.2) is 49.8 Å². The minimum atomic E-state index is -0.165. The molecule has 0 aromatic heterocycles. The minimum Gasteiger partial charge on any atom is -0.395 e. The molecule has 0 saturated carbocycles. The summed E-state index contributed by atoms with van der Waals surface area (Å²) in [6.45, 7) is 3.08. The minimum absolute atomic E-state index is 0.0214. The lowest BCUT2D eigenvalue weighted by molar-refractivity contribution is 0.187. The zero-order chi connectivity index (χ0) is 15.0. The first-order valence-electron chi connectivity index (χ1n) is 7.03. The van der Waals surface area contributed by atoms with Gasteiger partial charge in [0.1, 0.15) is 0 Å². The molecule has 1 aromatic rings. The third-order valence-electron chi connectivity index (χ3n) is 3.07. The van der Waals surface area contributed by atoms with Crippen molar-refractivity contribution in [2.45, 2.75) is 19.8 Å². The van der Waals surface area contributed by atoms with E-state index in [9.17, 15) is 4.79 Å². The summed E-state index contributed by atoms with van der Waals surface area (Å²) in [6.07, 6.45) is 1.95. The number of urea groups is 1. The Labute approximate surface area is 121 Å². The molecule has 1 rings (SSSR count). The van der Waals surface area contributed by atoms with Gasteiger partial charge in [0.05, 0.1) is 18.0 Å². The number of hydrogen-bond acceptors (Lipinski definition) is 3. The quantitative estimate of drug-likeness (QED) is 0.805. The second-order valence-electron chi connectivity index (χ2n) is 4.91. The maximum atomic E-state index is 12.3. The first-order chi connectivity index (χ1) is 9.60. The fourth-order valence-electron chi connectivity index (χ4n) is 1.95. The molecule has 0 radical (unpaired) electrons. The van der Waals surface area contributed by atoms with Gasteiger partial charge in [-0.2, -0.15) is 0 Å². The van der Waals surface area contributed by atoms with E-state index < -0.39 is 0 Å². The lowest BCUT2D eigenvalue weighted by atomic mass is 10.2. The van der Waals surface area contributed by atoms with Gasteiger partial charge >= 0.3 is 6.03 Å². The largest absolute Gasteiger partial charge is 0.395 e. The average molecular weight is 279 g/mol. The molecule has 0 aliphatic carbocycles. The molecule has 0 unspecified atom stereocenters. The van der Waals surface area contributed by atoms with Crippen molar-refractivity contribution in [2.75, 3.05) is 44.0 Å². The summed E-state index contributed by atoms with van der Waals surface area (Å²) in [6, 6.07) is 7.50. The Kier molecular flexibility index (Phi) is 6.87. The molecular formula is C15H25N3O2. The maximum absolute atomic E-state index is 12.3. The first-order valence-corrected chi connectivity index (χ1v) is 7.03. The smallest absolute Gasteiger partial charge is 0.321 e. The molecule has 0 fully saturated rings. The van der Waals surface area contributed by atoms with Gasteiger partial charge in [-0.25, -0.2) is 4.79 Å². The second-order valence-corrected chi connectivity index (χ2v) is 4.91. The van der Waals surface area contributed by atoms with E-state index in [1.807, 2.05) is 43.3 Å². The van der Waals surface area contributed by atoms with Crippen LogP contribution in [0.3, 0.4) is 0 Å². The molecule has 0 saturated heterocycles. The van der Waals surface area contributed by atoms with Gasteiger partial charge in [0.25, 0.3) is 0 Å². The Balaban J connectivity index is 2.77. The van der Waals surface area contributed by atoms with E-state index in [2.05, 4.69) is 12.2 Å². The molecule has 112 valence electrons. The topological polar surface area (TPSA) is 55.8 Å². The van der Waals surface area contributed by atoms with Crippen LogP contribution in [0.25, 0.3) is 0 Å².